The third kappa shape index (κ3) is 3.97. The molecule has 0 saturated heterocycles. The highest BCUT2D eigenvalue weighted by Crippen LogP contribution is 2.18. The van der Waals surface area contributed by atoms with E-state index >= 15 is 0 Å². The SMILES string of the molecule is CC(CO)CNC(=O)CSc1nc2ccccc2[nH]1. The number of para-hydroxylation sites is 2. The number of carbonyl (C=O) groups excluding carboxylic acids is 1. The summed E-state index contributed by atoms with van der Waals surface area (Å²) in [7, 11) is 0. The maximum absolute atomic E-state index is 11.6. The van der Waals surface area contributed by atoms with Crippen LogP contribution in [0.1, 0.15) is 6.92 Å². The molecule has 0 spiro atoms. The zero-order chi connectivity index (χ0) is 13.7. The van der Waals surface area contributed by atoms with E-state index in [2.05, 4.69) is 15.3 Å². The Morgan fingerprint density at radius 2 is 2.32 bits per heavy atom. The fraction of sp³-hybridized carbons (Fsp3) is 0.385. The number of fused-ring (bicyclic) bond motifs is 1. The highest BCUT2D eigenvalue weighted by atomic mass is 32.2. The van der Waals surface area contributed by atoms with Crippen molar-refractivity contribution in [2.45, 2.75) is 12.1 Å². The molecule has 0 saturated carbocycles. The van der Waals surface area contributed by atoms with Gasteiger partial charge in [0.1, 0.15) is 0 Å². The van der Waals surface area contributed by atoms with Gasteiger partial charge < -0.3 is 15.4 Å². The van der Waals surface area contributed by atoms with E-state index in [4.69, 9.17) is 5.11 Å². The van der Waals surface area contributed by atoms with Gasteiger partial charge in [-0.05, 0) is 18.1 Å². The molecule has 0 radical (unpaired) electrons. The first kappa shape index (κ1) is 13.9. The predicted octanol–water partition coefficient (Wildman–Crippen LogP) is 1.40. The topological polar surface area (TPSA) is 78.0 Å². The van der Waals surface area contributed by atoms with Crippen LogP contribution in [0.5, 0.6) is 0 Å². The van der Waals surface area contributed by atoms with Crippen molar-refractivity contribution in [1.29, 1.82) is 0 Å². The molecule has 1 atom stereocenters. The molecular formula is C13H17N3O2S. The number of nitrogens with one attached hydrogen (secondary N) is 2. The van der Waals surface area contributed by atoms with Gasteiger partial charge in [0.05, 0.1) is 16.8 Å². The number of amides is 1. The summed E-state index contributed by atoms with van der Waals surface area (Å²) < 4.78 is 0. The maximum atomic E-state index is 11.6. The number of aromatic amines is 1. The van der Waals surface area contributed by atoms with Crippen LogP contribution >= 0.6 is 11.8 Å². The molecule has 1 aromatic heterocycles. The van der Waals surface area contributed by atoms with Gasteiger partial charge in [-0.1, -0.05) is 30.8 Å². The van der Waals surface area contributed by atoms with E-state index in [0.717, 1.165) is 16.2 Å². The van der Waals surface area contributed by atoms with Crippen molar-refractivity contribution in [2.24, 2.45) is 5.92 Å². The maximum Gasteiger partial charge on any atom is 0.230 e. The Morgan fingerprint density at radius 1 is 1.53 bits per heavy atom. The molecule has 0 aliphatic rings. The number of H-pyrrole nitrogens is 1. The number of benzene rings is 1. The lowest BCUT2D eigenvalue weighted by Gasteiger charge is -2.08. The summed E-state index contributed by atoms with van der Waals surface area (Å²) in [5, 5.41) is 12.4. The van der Waals surface area contributed by atoms with Crippen molar-refractivity contribution >= 4 is 28.7 Å². The lowest BCUT2D eigenvalue weighted by Crippen LogP contribution is -2.30. The summed E-state index contributed by atoms with van der Waals surface area (Å²) in [6.07, 6.45) is 0. The number of hydrogen-bond acceptors (Lipinski definition) is 4. The van der Waals surface area contributed by atoms with Crippen molar-refractivity contribution in [2.75, 3.05) is 18.9 Å². The second-order valence-electron chi connectivity index (χ2n) is 4.44. The van der Waals surface area contributed by atoms with E-state index in [0.29, 0.717) is 12.3 Å². The summed E-state index contributed by atoms with van der Waals surface area (Å²) >= 11 is 1.37. The van der Waals surface area contributed by atoms with E-state index in [1.54, 1.807) is 0 Å². The molecule has 0 bridgehead atoms. The average molecular weight is 279 g/mol. The molecule has 5 nitrogen and oxygen atoms in total. The highest BCUT2D eigenvalue weighted by Gasteiger charge is 2.07. The lowest BCUT2D eigenvalue weighted by atomic mass is 10.2. The van der Waals surface area contributed by atoms with Crippen LogP contribution in [0, 0.1) is 5.92 Å². The molecule has 19 heavy (non-hydrogen) atoms. The molecule has 102 valence electrons. The lowest BCUT2D eigenvalue weighted by molar-refractivity contribution is -0.118. The minimum absolute atomic E-state index is 0.0502. The monoisotopic (exact) mass is 279 g/mol. The minimum Gasteiger partial charge on any atom is -0.396 e. The normalized spacial score (nSPS) is 12.5. The van der Waals surface area contributed by atoms with Gasteiger partial charge in [-0.2, -0.15) is 0 Å². The van der Waals surface area contributed by atoms with E-state index in [1.165, 1.54) is 11.8 Å². The third-order valence-corrected chi connectivity index (χ3v) is 3.54. The Bertz CT molecular complexity index is 523. The van der Waals surface area contributed by atoms with Crippen molar-refractivity contribution in [3.8, 4) is 0 Å². The van der Waals surface area contributed by atoms with E-state index in [1.807, 2.05) is 31.2 Å². The number of rotatable bonds is 6. The van der Waals surface area contributed by atoms with Gasteiger partial charge in [-0.25, -0.2) is 4.98 Å². The first-order chi connectivity index (χ1) is 9.19. The largest absolute Gasteiger partial charge is 0.396 e. The number of aliphatic hydroxyl groups is 1. The van der Waals surface area contributed by atoms with E-state index in [9.17, 15) is 4.79 Å². The molecule has 1 aromatic carbocycles. The van der Waals surface area contributed by atoms with Crippen LogP contribution in [-0.4, -0.2) is 39.9 Å². The van der Waals surface area contributed by atoms with Gasteiger partial charge in [-0.3, -0.25) is 4.79 Å². The van der Waals surface area contributed by atoms with E-state index in [-0.39, 0.29) is 18.4 Å². The Balaban J connectivity index is 1.83. The number of nitrogens with zero attached hydrogens (tertiary/aromatic N) is 1. The van der Waals surface area contributed by atoms with Crippen LogP contribution in [-0.2, 0) is 4.79 Å². The number of aliphatic hydroxyl groups excluding tert-OH is 1. The zero-order valence-corrected chi connectivity index (χ0v) is 11.5. The standard InChI is InChI=1S/C13H17N3O2S/c1-9(7-17)6-14-12(18)8-19-13-15-10-4-2-3-5-11(10)16-13/h2-5,9,17H,6-8H2,1H3,(H,14,18)(H,15,16). The quantitative estimate of drug-likeness (QED) is 0.698. The van der Waals surface area contributed by atoms with Gasteiger partial charge in [-0.15, -0.1) is 0 Å². The first-order valence-corrected chi connectivity index (χ1v) is 7.12. The summed E-state index contributed by atoms with van der Waals surface area (Å²) in [6, 6.07) is 7.76. The van der Waals surface area contributed by atoms with Crippen LogP contribution in [0.4, 0.5) is 0 Å². The number of imidazole rings is 1. The molecule has 0 aliphatic heterocycles. The molecule has 6 heteroatoms. The fourth-order valence-corrected chi connectivity index (χ4v) is 2.25. The van der Waals surface area contributed by atoms with Crippen molar-refractivity contribution in [3.63, 3.8) is 0 Å². The number of hydrogen-bond donors (Lipinski definition) is 3. The van der Waals surface area contributed by atoms with Crippen molar-refractivity contribution in [1.82, 2.24) is 15.3 Å². The summed E-state index contributed by atoms with van der Waals surface area (Å²) in [6.45, 7) is 2.46. The molecular weight excluding hydrogens is 262 g/mol. The Kier molecular flexibility index (Phi) is 4.81. The average Bonchev–Trinajstić information content (AvgIpc) is 2.85. The van der Waals surface area contributed by atoms with Gasteiger partial charge in [0.15, 0.2) is 5.16 Å². The summed E-state index contributed by atoms with van der Waals surface area (Å²) in [4.78, 5) is 19.1. The number of carbonyl (C=O) groups is 1. The van der Waals surface area contributed by atoms with Crippen LogP contribution in [0.3, 0.4) is 0 Å². The zero-order valence-electron chi connectivity index (χ0n) is 10.7. The molecule has 1 amide bonds. The van der Waals surface area contributed by atoms with Gasteiger partial charge in [0.2, 0.25) is 5.91 Å². The molecule has 0 aliphatic carbocycles. The molecule has 0 fully saturated rings. The van der Waals surface area contributed by atoms with Gasteiger partial charge in [0.25, 0.3) is 0 Å². The second kappa shape index (κ2) is 6.58. The third-order valence-electron chi connectivity index (χ3n) is 2.67. The Morgan fingerprint density at radius 3 is 3.05 bits per heavy atom. The van der Waals surface area contributed by atoms with Crippen LogP contribution in [0.25, 0.3) is 11.0 Å². The van der Waals surface area contributed by atoms with Gasteiger partial charge >= 0.3 is 0 Å². The van der Waals surface area contributed by atoms with Crippen molar-refractivity contribution in [3.05, 3.63) is 24.3 Å². The van der Waals surface area contributed by atoms with Crippen LogP contribution in [0.15, 0.2) is 29.4 Å². The minimum atomic E-state index is -0.0502. The smallest absolute Gasteiger partial charge is 0.230 e. The Labute approximate surface area is 115 Å². The second-order valence-corrected chi connectivity index (χ2v) is 5.40. The molecule has 1 unspecified atom stereocenters. The highest BCUT2D eigenvalue weighted by molar-refractivity contribution is 7.99. The fourth-order valence-electron chi connectivity index (χ4n) is 1.54. The summed E-state index contributed by atoms with van der Waals surface area (Å²) in [5.41, 5.74) is 1.87. The van der Waals surface area contributed by atoms with Crippen LogP contribution < -0.4 is 5.32 Å². The molecule has 2 rings (SSSR count). The molecule has 3 N–H and O–H groups in total. The first-order valence-electron chi connectivity index (χ1n) is 6.14. The van der Waals surface area contributed by atoms with Crippen molar-refractivity contribution < 1.29 is 9.90 Å². The van der Waals surface area contributed by atoms with E-state index < -0.39 is 0 Å². The van der Waals surface area contributed by atoms with Gasteiger partial charge in [0, 0.05) is 13.2 Å². The number of aromatic nitrogens is 2. The Hall–Kier alpha value is -1.53. The summed E-state index contributed by atoms with van der Waals surface area (Å²) in [5.74, 6) is 0.351. The molecule has 1 heterocycles. The van der Waals surface area contributed by atoms with Crippen LogP contribution in [0.2, 0.25) is 0 Å². The predicted molar refractivity (Wildman–Crippen MR) is 76.1 cm³/mol. The number of thioether (sulfide) groups is 1. The molecule has 2 aromatic rings.